The number of benzene rings is 2. The Morgan fingerprint density at radius 2 is 1.82 bits per heavy atom. The Balaban J connectivity index is 1.51. The number of aliphatic hydroxyl groups excluding tert-OH is 1. The van der Waals surface area contributed by atoms with E-state index in [4.69, 9.17) is 10.5 Å². The van der Waals surface area contributed by atoms with Crippen LogP contribution in [-0.2, 0) is 24.2 Å². The lowest BCUT2D eigenvalue weighted by atomic mass is 9.93. The molecule has 0 saturated heterocycles. The first-order chi connectivity index (χ1) is 16.2. The van der Waals surface area contributed by atoms with Gasteiger partial charge in [0.15, 0.2) is 0 Å². The van der Waals surface area contributed by atoms with E-state index in [-0.39, 0.29) is 11.4 Å². The number of anilines is 1. The fraction of sp³-hybridized carbons (Fsp3) is 0.333. The zero-order chi connectivity index (χ0) is 24.6. The number of nitrogen functional groups attached to an aromatic ring is 1. The molecule has 180 valence electrons. The highest BCUT2D eigenvalue weighted by Gasteiger charge is 2.20. The average Bonchev–Trinajstić information content (AvgIpc) is 2.82. The molecule has 0 fully saturated rings. The Bertz CT molecular complexity index is 1080. The van der Waals surface area contributed by atoms with E-state index in [0.717, 1.165) is 34.4 Å². The number of aliphatic hydroxyl groups is 1. The van der Waals surface area contributed by atoms with E-state index in [2.05, 4.69) is 41.6 Å². The lowest BCUT2D eigenvalue weighted by Crippen LogP contribution is -2.43. The van der Waals surface area contributed by atoms with Crippen LogP contribution in [0.1, 0.15) is 42.2 Å². The summed E-state index contributed by atoms with van der Waals surface area (Å²) in [6.45, 7) is 5.03. The highest BCUT2D eigenvalue weighted by molar-refractivity contribution is 5.78. The summed E-state index contributed by atoms with van der Waals surface area (Å²) < 4.78 is 5.23. The number of pyridine rings is 1. The van der Waals surface area contributed by atoms with Gasteiger partial charge in [0, 0.05) is 30.4 Å². The maximum atomic E-state index is 12.5. The summed E-state index contributed by atoms with van der Waals surface area (Å²) in [5, 5.41) is 16.9. The van der Waals surface area contributed by atoms with Crippen molar-refractivity contribution in [3.8, 4) is 5.75 Å². The molecule has 0 unspecified atom stereocenters. The van der Waals surface area contributed by atoms with E-state index in [1.54, 1.807) is 25.4 Å². The molecule has 1 amide bonds. The summed E-state index contributed by atoms with van der Waals surface area (Å²) >= 11 is 0. The first kappa shape index (κ1) is 25.2. The third kappa shape index (κ3) is 7.86. The van der Waals surface area contributed by atoms with Gasteiger partial charge in [0.05, 0.1) is 19.6 Å². The summed E-state index contributed by atoms with van der Waals surface area (Å²) in [7, 11) is 1.63. The second-order valence-corrected chi connectivity index (χ2v) is 9.10. The number of hydrogen-bond donors (Lipinski definition) is 4. The quantitative estimate of drug-likeness (QED) is 0.348. The number of carbonyl (C=O) groups is 1. The van der Waals surface area contributed by atoms with E-state index in [1.165, 1.54) is 0 Å². The molecule has 3 aromatic rings. The van der Waals surface area contributed by atoms with Crippen molar-refractivity contribution in [2.75, 3.05) is 19.4 Å². The Labute approximate surface area is 201 Å². The third-order valence-corrected chi connectivity index (χ3v) is 5.59. The number of carbonyl (C=O) groups excluding carboxylic acids is 1. The summed E-state index contributed by atoms with van der Waals surface area (Å²) in [4.78, 5) is 16.5. The number of aromatic nitrogens is 1. The molecule has 1 atom stereocenters. The molecule has 7 nitrogen and oxygen atoms in total. The number of ether oxygens (including phenoxy) is 1. The lowest BCUT2D eigenvalue weighted by molar-refractivity contribution is -0.120. The molecule has 3 rings (SSSR count). The minimum Gasteiger partial charge on any atom is -0.497 e. The minimum atomic E-state index is -0.674. The molecule has 0 aliphatic heterocycles. The summed E-state index contributed by atoms with van der Waals surface area (Å²) in [6, 6.07) is 19.2. The van der Waals surface area contributed by atoms with Crippen LogP contribution < -0.4 is 21.1 Å². The zero-order valence-electron chi connectivity index (χ0n) is 20.0. The van der Waals surface area contributed by atoms with E-state index in [0.29, 0.717) is 25.3 Å². The number of nitrogens with two attached hydrogens (primary N) is 1. The number of nitrogens with zero attached hydrogens (tertiary/aromatic N) is 1. The van der Waals surface area contributed by atoms with Crippen molar-refractivity contribution in [3.63, 3.8) is 0 Å². The number of rotatable bonds is 11. The Hall–Kier alpha value is -3.42. The molecule has 0 spiro atoms. The first-order valence-electron chi connectivity index (χ1n) is 11.4. The largest absolute Gasteiger partial charge is 0.497 e. The number of β-amino-alcohol motifs (C(OH)–C–C–N with tert-alkyl or cyclic N) is 1. The smallest absolute Gasteiger partial charge is 0.224 e. The topological polar surface area (TPSA) is 110 Å². The van der Waals surface area contributed by atoms with Gasteiger partial charge in [-0.15, -0.1) is 0 Å². The standard InChI is InChI=1S/C27H34N4O3/c1-27(2,31-18-24(32)22-10-11-25(28)29-17-22)15-20-7-4-6-19(12-20)14-26(33)30-16-21-8-5-9-23(13-21)34-3/h4-13,17,24,31-32H,14-16,18H2,1-3H3,(H2,28,29)(H,30,33)/t24-/m0/s1. The van der Waals surface area contributed by atoms with Crippen molar-refractivity contribution in [3.05, 3.63) is 89.1 Å². The van der Waals surface area contributed by atoms with E-state index < -0.39 is 6.10 Å². The molecule has 1 heterocycles. The van der Waals surface area contributed by atoms with Gasteiger partial charge in [-0.05, 0) is 55.2 Å². The van der Waals surface area contributed by atoms with Gasteiger partial charge >= 0.3 is 0 Å². The fourth-order valence-corrected chi connectivity index (χ4v) is 3.76. The third-order valence-electron chi connectivity index (χ3n) is 5.59. The minimum absolute atomic E-state index is 0.0300. The molecule has 1 aromatic heterocycles. The summed E-state index contributed by atoms with van der Waals surface area (Å²) in [5.41, 5.74) is 9.16. The van der Waals surface area contributed by atoms with Crippen LogP contribution in [0, 0.1) is 0 Å². The SMILES string of the molecule is COc1cccc(CNC(=O)Cc2cccc(CC(C)(C)NC[C@H](O)c3ccc(N)nc3)c2)c1. The van der Waals surface area contributed by atoms with Crippen LogP contribution in [0.2, 0.25) is 0 Å². The highest BCUT2D eigenvalue weighted by Crippen LogP contribution is 2.18. The van der Waals surface area contributed by atoms with Crippen molar-refractivity contribution < 1.29 is 14.6 Å². The molecule has 2 aromatic carbocycles. The second-order valence-electron chi connectivity index (χ2n) is 9.10. The maximum Gasteiger partial charge on any atom is 0.224 e. The van der Waals surface area contributed by atoms with Crippen LogP contribution in [0.25, 0.3) is 0 Å². The highest BCUT2D eigenvalue weighted by atomic mass is 16.5. The average molecular weight is 463 g/mol. The number of hydrogen-bond acceptors (Lipinski definition) is 6. The van der Waals surface area contributed by atoms with E-state index in [9.17, 15) is 9.90 Å². The Kier molecular flexibility index (Phi) is 8.62. The van der Waals surface area contributed by atoms with Crippen molar-refractivity contribution in [2.24, 2.45) is 0 Å². The Morgan fingerprint density at radius 1 is 1.09 bits per heavy atom. The van der Waals surface area contributed by atoms with Gasteiger partial charge in [0.1, 0.15) is 11.6 Å². The molecule has 0 saturated carbocycles. The van der Waals surface area contributed by atoms with Gasteiger partial charge in [-0.1, -0.05) is 42.5 Å². The number of nitrogens with one attached hydrogen (secondary N) is 2. The van der Waals surface area contributed by atoms with E-state index in [1.807, 2.05) is 36.4 Å². The van der Waals surface area contributed by atoms with Crippen LogP contribution in [0.5, 0.6) is 5.75 Å². The van der Waals surface area contributed by atoms with Crippen molar-refractivity contribution in [1.29, 1.82) is 0 Å². The number of methoxy groups -OCH3 is 1. The van der Waals surface area contributed by atoms with Gasteiger partial charge in [-0.2, -0.15) is 0 Å². The van der Waals surface area contributed by atoms with Gasteiger partial charge < -0.3 is 26.2 Å². The predicted octanol–water partition coefficient (Wildman–Crippen LogP) is 3.18. The molecule has 0 aliphatic rings. The summed E-state index contributed by atoms with van der Waals surface area (Å²) in [5.74, 6) is 1.17. The monoisotopic (exact) mass is 462 g/mol. The van der Waals surface area contributed by atoms with Crippen LogP contribution in [0.3, 0.4) is 0 Å². The number of amides is 1. The zero-order valence-corrected chi connectivity index (χ0v) is 20.0. The van der Waals surface area contributed by atoms with Crippen molar-refractivity contribution in [2.45, 2.75) is 44.9 Å². The van der Waals surface area contributed by atoms with Crippen molar-refractivity contribution >= 4 is 11.7 Å². The predicted molar refractivity (Wildman–Crippen MR) is 134 cm³/mol. The van der Waals surface area contributed by atoms with Crippen molar-refractivity contribution in [1.82, 2.24) is 15.6 Å². The fourth-order valence-electron chi connectivity index (χ4n) is 3.76. The molecule has 0 aliphatic carbocycles. The first-order valence-corrected chi connectivity index (χ1v) is 11.4. The maximum absolute atomic E-state index is 12.5. The van der Waals surface area contributed by atoms with Crippen LogP contribution in [-0.4, -0.2) is 35.2 Å². The molecule has 5 N–H and O–H groups in total. The van der Waals surface area contributed by atoms with E-state index >= 15 is 0 Å². The lowest BCUT2D eigenvalue weighted by Gasteiger charge is -2.28. The van der Waals surface area contributed by atoms with Gasteiger partial charge in [-0.3, -0.25) is 4.79 Å². The van der Waals surface area contributed by atoms with Gasteiger partial charge in [-0.25, -0.2) is 4.98 Å². The molecule has 7 heteroatoms. The molecule has 0 bridgehead atoms. The van der Waals surface area contributed by atoms with Crippen LogP contribution in [0.15, 0.2) is 66.9 Å². The van der Waals surface area contributed by atoms with Crippen LogP contribution >= 0.6 is 0 Å². The second kappa shape index (κ2) is 11.6. The Morgan fingerprint density at radius 3 is 2.56 bits per heavy atom. The van der Waals surface area contributed by atoms with Crippen LogP contribution in [0.4, 0.5) is 5.82 Å². The van der Waals surface area contributed by atoms with Gasteiger partial charge in [0.25, 0.3) is 0 Å². The molecular formula is C27H34N4O3. The normalized spacial score (nSPS) is 12.2. The molecule has 0 radical (unpaired) electrons. The summed E-state index contributed by atoms with van der Waals surface area (Å²) in [6.07, 6.45) is 1.98. The van der Waals surface area contributed by atoms with Gasteiger partial charge in [0.2, 0.25) is 5.91 Å². The molecule has 34 heavy (non-hydrogen) atoms. The molecular weight excluding hydrogens is 428 g/mol.